The number of nitrogens with one attached hydrogen (secondary N) is 1. The summed E-state index contributed by atoms with van der Waals surface area (Å²) in [7, 11) is 1.63. The highest BCUT2D eigenvalue weighted by molar-refractivity contribution is 5.76. The first-order chi connectivity index (χ1) is 13.8. The molecule has 0 spiro atoms. The van der Waals surface area contributed by atoms with Gasteiger partial charge in [0.15, 0.2) is 0 Å². The third-order valence-electron chi connectivity index (χ3n) is 4.89. The van der Waals surface area contributed by atoms with E-state index in [0.29, 0.717) is 17.7 Å². The van der Waals surface area contributed by atoms with E-state index >= 15 is 0 Å². The van der Waals surface area contributed by atoms with Crippen molar-refractivity contribution in [3.63, 3.8) is 0 Å². The van der Waals surface area contributed by atoms with Crippen molar-refractivity contribution in [2.24, 2.45) is 0 Å². The second-order valence-electron chi connectivity index (χ2n) is 7.37. The molecule has 2 aromatic heterocycles. The molecule has 2 N–H and O–H groups in total. The molecule has 6 heteroatoms. The average Bonchev–Trinajstić information content (AvgIpc) is 3.31. The number of benzene rings is 1. The van der Waals surface area contributed by atoms with Crippen molar-refractivity contribution in [3.8, 4) is 17.1 Å². The molecule has 0 aliphatic heterocycles. The Bertz CT molecular complexity index is 966. The van der Waals surface area contributed by atoms with Gasteiger partial charge >= 0.3 is 0 Å². The zero-order valence-corrected chi connectivity index (χ0v) is 17.2. The van der Waals surface area contributed by atoms with Gasteiger partial charge in [-0.05, 0) is 63.2 Å². The number of carbonyl (C=O) groups is 1. The van der Waals surface area contributed by atoms with Crippen LogP contribution >= 0.6 is 0 Å². The van der Waals surface area contributed by atoms with Gasteiger partial charge < -0.3 is 24.0 Å². The lowest BCUT2D eigenvalue weighted by atomic mass is 9.96. The zero-order chi connectivity index (χ0) is 21.0. The Morgan fingerprint density at radius 1 is 1.14 bits per heavy atom. The van der Waals surface area contributed by atoms with Crippen LogP contribution in [0.15, 0.2) is 51.3 Å². The smallest absolute Gasteiger partial charge is 0.220 e. The average molecular weight is 397 g/mol. The van der Waals surface area contributed by atoms with Crippen molar-refractivity contribution in [1.82, 2.24) is 5.32 Å². The van der Waals surface area contributed by atoms with Gasteiger partial charge in [0.25, 0.3) is 0 Å². The van der Waals surface area contributed by atoms with Crippen LogP contribution in [0.4, 0.5) is 0 Å². The summed E-state index contributed by atoms with van der Waals surface area (Å²) in [6, 6.07) is 13.2. The highest BCUT2D eigenvalue weighted by Crippen LogP contribution is 2.27. The number of hydrogen-bond donors (Lipinski definition) is 2. The van der Waals surface area contributed by atoms with Gasteiger partial charge in [0, 0.05) is 24.0 Å². The number of ether oxygens (including phenoxy) is 1. The topological polar surface area (TPSA) is 84.8 Å². The van der Waals surface area contributed by atoms with Gasteiger partial charge in [-0.2, -0.15) is 0 Å². The summed E-state index contributed by atoms with van der Waals surface area (Å²) in [5.74, 6) is 3.51. The molecule has 1 amide bonds. The summed E-state index contributed by atoms with van der Waals surface area (Å²) >= 11 is 0. The molecule has 0 saturated carbocycles. The minimum absolute atomic E-state index is 0.112. The summed E-state index contributed by atoms with van der Waals surface area (Å²) < 4.78 is 16.5. The molecular formula is C23H27NO5. The van der Waals surface area contributed by atoms with E-state index in [1.165, 1.54) is 0 Å². The number of furan rings is 2. The van der Waals surface area contributed by atoms with E-state index in [1.807, 2.05) is 43.3 Å². The van der Waals surface area contributed by atoms with Gasteiger partial charge in [0.2, 0.25) is 5.91 Å². The predicted molar refractivity (Wildman–Crippen MR) is 110 cm³/mol. The molecule has 0 saturated heterocycles. The van der Waals surface area contributed by atoms with Crippen LogP contribution in [0.1, 0.15) is 36.2 Å². The van der Waals surface area contributed by atoms with Crippen molar-refractivity contribution < 1.29 is 23.5 Å². The monoisotopic (exact) mass is 397 g/mol. The number of hydrogen-bond acceptors (Lipinski definition) is 5. The molecule has 3 rings (SSSR count). The Morgan fingerprint density at radius 3 is 2.48 bits per heavy atom. The lowest BCUT2D eigenvalue weighted by molar-refractivity contribution is -0.122. The summed E-state index contributed by atoms with van der Waals surface area (Å²) in [6.45, 7) is 5.41. The summed E-state index contributed by atoms with van der Waals surface area (Å²) in [4.78, 5) is 12.2. The van der Waals surface area contributed by atoms with E-state index < -0.39 is 5.60 Å². The highest BCUT2D eigenvalue weighted by Gasteiger charge is 2.28. The summed E-state index contributed by atoms with van der Waals surface area (Å²) in [5.41, 5.74) is 0.442. The quantitative estimate of drug-likeness (QED) is 0.597. The molecule has 0 unspecified atom stereocenters. The molecule has 0 fully saturated rings. The molecule has 1 atom stereocenters. The number of aliphatic hydroxyl groups is 1. The largest absolute Gasteiger partial charge is 0.497 e. The van der Waals surface area contributed by atoms with E-state index in [0.717, 1.165) is 28.6 Å². The zero-order valence-electron chi connectivity index (χ0n) is 17.2. The summed E-state index contributed by atoms with van der Waals surface area (Å²) in [6.07, 6.45) is 0.753. The summed E-state index contributed by atoms with van der Waals surface area (Å²) in [5, 5.41) is 13.5. The molecular weight excluding hydrogens is 370 g/mol. The minimum Gasteiger partial charge on any atom is -0.497 e. The molecule has 3 aromatic rings. The second-order valence-corrected chi connectivity index (χ2v) is 7.37. The standard InChI is InChI=1S/C23H27NO5/c1-15-13-20(16(2)28-15)23(3,26)14-24-22(25)12-10-19-9-11-21(29-19)17-5-7-18(27-4)8-6-17/h5-9,11,13,26H,10,12,14H2,1-4H3,(H,24,25)/t23-/m0/s1. The molecule has 6 nitrogen and oxygen atoms in total. The Labute approximate surface area is 170 Å². The molecule has 2 heterocycles. The van der Waals surface area contributed by atoms with Crippen LogP contribution < -0.4 is 10.1 Å². The SMILES string of the molecule is COc1ccc(-c2ccc(CCC(=O)NC[C@](C)(O)c3cc(C)oc3C)o2)cc1. The van der Waals surface area contributed by atoms with Crippen LogP contribution in [-0.2, 0) is 16.8 Å². The lowest BCUT2D eigenvalue weighted by Crippen LogP contribution is -2.38. The molecule has 0 aliphatic carbocycles. The molecule has 1 aromatic carbocycles. The van der Waals surface area contributed by atoms with Gasteiger partial charge in [0.1, 0.15) is 34.4 Å². The van der Waals surface area contributed by atoms with Crippen molar-refractivity contribution in [3.05, 3.63) is 65.3 Å². The van der Waals surface area contributed by atoms with Gasteiger partial charge in [-0.15, -0.1) is 0 Å². The van der Waals surface area contributed by atoms with E-state index in [-0.39, 0.29) is 18.9 Å². The maximum absolute atomic E-state index is 12.2. The third-order valence-corrected chi connectivity index (χ3v) is 4.89. The Kier molecular flexibility index (Phi) is 6.13. The first-order valence-corrected chi connectivity index (χ1v) is 9.58. The van der Waals surface area contributed by atoms with E-state index in [9.17, 15) is 9.90 Å². The predicted octanol–water partition coefficient (Wildman–Crippen LogP) is 4.12. The van der Waals surface area contributed by atoms with Crippen LogP contribution in [0.3, 0.4) is 0 Å². The molecule has 154 valence electrons. The number of aryl methyl sites for hydroxylation is 3. The third kappa shape index (κ3) is 5.09. The number of methoxy groups -OCH3 is 1. The van der Waals surface area contributed by atoms with Crippen LogP contribution in [-0.4, -0.2) is 24.7 Å². The van der Waals surface area contributed by atoms with Gasteiger partial charge in [0.05, 0.1) is 13.7 Å². The van der Waals surface area contributed by atoms with Gasteiger partial charge in [-0.25, -0.2) is 0 Å². The van der Waals surface area contributed by atoms with Crippen molar-refractivity contribution >= 4 is 5.91 Å². The lowest BCUT2D eigenvalue weighted by Gasteiger charge is -2.23. The highest BCUT2D eigenvalue weighted by atomic mass is 16.5. The Morgan fingerprint density at radius 2 is 1.86 bits per heavy atom. The van der Waals surface area contributed by atoms with Crippen LogP contribution in [0.2, 0.25) is 0 Å². The fourth-order valence-corrected chi connectivity index (χ4v) is 3.28. The van der Waals surface area contributed by atoms with Crippen LogP contribution in [0.5, 0.6) is 5.75 Å². The maximum Gasteiger partial charge on any atom is 0.220 e. The molecule has 0 radical (unpaired) electrons. The maximum atomic E-state index is 12.2. The Hall–Kier alpha value is -2.99. The van der Waals surface area contributed by atoms with E-state index in [4.69, 9.17) is 13.6 Å². The van der Waals surface area contributed by atoms with E-state index in [2.05, 4.69) is 5.32 Å². The number of amides is 1. The van der Waals surface area contributed by atoms with Crippen molar-refractivity contribution in [2.75, 3.05) is 13.7 Å². The normalized spacial score (nSPS) is 13.1. The second kappa shape index (κ2) is 8.57. The minimum atomic E-state index is -1.19. The fourth-order valence-electron chi connectivity index (χ4n) is 3.28. The Balaban J connectivity index is 1.52. The van der Waals surface area contributed by atoms with Crippen molar-refractivity contribution in [2.45, 2.75) is 39.2 Å². The fraction of sp³-hybridized carbons (Fsp3) is 0.348. The van der Waals surface area contributed by atoms with Crippen LogP contribution in [0, 0.1) is 13.8 Å². The number of rotatable bonds is 8. The van der Waals surface area contributed by atoms with E-state index in [1.54, 1.807) is 27.0 Å². The first kappa shape index (κ1) is 20.7. The van der Waals surface area contributed by atoms with Crippen LogP contribution in [0.25, 0.3) is 11.3 Å². The first-order valence-electron chi connectivity index (χ1n) is 9.58. The van der Waals surface area contributed by atoms with Gasteiger partial charge in [-0.1, -0.05) is 0 Å². The molecule has 0 aliphatic rings. The molecule has 29 heavy (non-hydrogen) atoms. The van der Waals surface area contributed by atoms with Crippen molar-refractivity contribution in [1.29, 1.82) is 0 Å². The van der Waals surface area contributed by atoms with Gasteiger partial charge in [-0.3, -0.25) is 4.79 Å². The molecule has 0 bridgehead atoms. The number of carbonyl (C=O) groups excluding carboxylic acids is 1.